The SMILES string of the molecule is O=C(Nc1ccc(CN2C(=O)CCC2=O)cc1)c1sc2cccc(F)c2c1COc1ccccc1. The lowest BCUT2D eigenvalue weighted by Gasteiger charge is -2.14. The molecule has 0 aliphatic carbocycles. The predicted molar refractivity (Wildman–Crippen MR) is 132 cm³/mol. The number of likely N-dealkylation sites (tertiary alicyclic amines) is 1. The molecular formula is C27H21FN2O4S. The Morgan fingerprint density at radius 1 is 0.943 bits per heavy atom. The number of benzene rings is 3. The quantitative estimate of drug-likeness (QED) is 0.348. The number of fused-ring (bicyclic) bond motifs is 1. The van der Waals surface area contributed by atoms with E-state index in [2.05, 4.69) is 5.32 Å². The van der Waals surface area contributed by atoms with Crippen LogP contribution >= 0.6 is 11.3 Å². The fourth-order valence-corrected chi connectivity index (χ4v) is 5.14. The molecule has 3 aromatic carbocycles. The van der Waals surface area contributed by atoms with E-state index in [1.807, 2.05) is 18.2 Å². The molecule has 0 spiro atoms. The number of imide groups is 1. The van der Waals surface area contributed by atoms with Gasteiger partial charge in [-0.2, -0.15) is 0 Å². The zero-order chi connectivity index (χ0) is 24.4. The summed E-state index contributed by atoms with van der Waals surface area (Å²) in [5.74, 6) is -0.487. The van der Waals surface area contributed by atoms with E-state index in [0.29, 0.717) is 32.0 Å². The summed E-state index contributed by atoms with van der Waals surface area (Å²) in [5, 5.41) is 3.24. The van der Waals surface area contributed by atoms with Crippen LogP contribution in [0.3, 0.4) is 0 Å². The summed E-state index contributed by atoms with van der Waals surface area (Å²) in [6, 6.07) is 20.9. The molecular weight excluding hydrogens is 467 g/mol. The summed E-state index contributed by atoms with van der Waals surface area (Å²) in [7, 11) is 0. The van der Waals surface area contributed by atoms with Crippen LogP contribution in [0.4, 0.5) is 10.1 Å². The summed E-state index contributed by atoms with van der Waals surface area (Å²) < 4.78 is 21.2. The van der Waals surface area contributed by atoms with Gasteiger partial charge in [-0.3, -0.25) is 19.3 Å². The highest BCUT2D eigenvalue weighted by Crippen LogP contribution is 2.34. The molecule has 1 N–H and O–H groups in total. The van der Waals surface area contributed by atoms with E-state index in [9.17, 15) is 18.8 Å². The van der Waals surface area contributed by atoms with E-state index < -0.39 is 5.82 Å². The van der Waals surface area contributed by atoms with Gasteiger partial charge in [-0.25, -0.2) is 4.39 Å². The van der Waals surface area contributed by atoms with Gasteiger partial charge in [0.15, 0.2) is 0 Å². The molecule has 8 heteroatoms. The Hall–Kier alpha value is -4.04. The van der Waals surface area contributed by atoms with Crippen LogP contribution in [0.1, 0.15) is 33.6 Å². The number of halogens is 1. The molecule has 1 aliphatic rings. The van der Waals surface area contributed by atoms with Crippen molar-refractivity contribution < 1.29 is 23.5 Å². The fraction of sp³-hybridized carbons (Fsp3) is 0.148. The molecule has 1 aromatic heterocycles. The molecule has 0 radical (unpaired) electrons. The maximum absolute atomic E-state index is 14.7. The minimum Gasteiger partial charge on any atom is -0.489 e. The van der Waals surface area contributed by atoms with Crippen LogP contribution < -0.4 is 10.1 Å². The summed E-state index contributed by atoms with van der Waals surface area (Å²) in [4.78, 5) is 38.5. The Kier molecular flexibility index (Phi) is 6.29. The molecule has 1 saturated heterocycles. The Bertz CT molecular complexity index is 1400. The average molecular weight is 489 g/mol. The van der Waals surface area contributed by atoms with Gasteiger partial charge in [0.2, 0.25) is 11.8 Å². The van der Waals surface area contributed by atoms with E-state index in [4.69, 9.17) is 4.74 Å². The summed E-state index contributed by atoms with van der Waals surface area (Å²) in [5.41, 5.74) is 1.82. The molecule has 3 amide bonds. The first-order chi connectivity index (χ1) is 17.0. The van der Waals surface area contributed by atoms with Crippen LogP contribution in [0.2, 0.25) is 0 Å². The lowest BCUT2D eigenvalue weighted by molar-refractivity contribution is -0.139. The molecule has 6 nitrogen and oxygen atoms in total. The van der Waals surface area contributed by atoms with Crippen LogP contribution in [-0.2, 0) is 22.7 Å². The lowest BCUT2D eigenvalue weighted by atomic mass is 10.1. The highest BCUT2D eigenvalue weighted by molar-refractivity contribution is 7.21. The van der Waals surface area contributed by atoms with Crippen molar-refractivity contribution in [1.29, 1.82) is 0 Å². The van der Waals surface area contributed by atoms with Crippen molar-refractivity contribution in [1.82, 2.24) is 4.90 Å². The monoisotopic (exact) mass is 488 g/mol. The fourth-order valence-electron chi connectivity index (χ4n) is 4.02. The van der Waals surface area contributed by atoms with Crippen molar-refractivity contribution in [2.45, 2.75) is 26.0 Å². The second kappa shape index (κ2) is 9.68. The molecule has 5 rings (SSSR count). The molecule has 0 bridgehead atoms. The van der Waals surface area contributed by atoms with E-state index in [1.54, 1.807) is 48.5 Å². The predicted octanol–water partition coefficient (Wildman–Crippen LogP) is 5.52. The Balaban J connectivity index is 1.36. The number of nitrogens with one attached hydrogen (secondary N) is 1. The maximum Gasteiger partial charge on any atom is 0.266 e. The van der Waals surface area contributed by atoms with E-state index >= 15 is 0 Å². The number of anilines is 1. The van der Waals surface area contributed by atoms with Gasteiger partial charge in [-0.15, -0.1) is 11.3 Å². The number of thiophene rings is 1. The third-order valence-electron chi connectivity index (χ3n) is 5.80. The van der Waals surface area contributed by atoms with Gasteiger partial charge >= 0.3 is 0 Å². The smallest absolute Gasteiger partial charge is 0.266 e. The normalized spacial score (nSPS) is 13.5. The van der Waals surface area contributed by atoms with Crippen LogP contribution in [-0.4, -0.2) is 22.6 Å². The van der Waals surface area contributed by atoms with Crippen molar-refractivity contribution in [3.05, 3.63) is 94.6 Å². The standard InChI is InChI=1S/C27H21FN2O4S/c28-21-7-4-8-22-25(21)20(16-34-19-5-2-1-3-6-19)26(35-22)27(33)29-18-11-9-17(10-12-18)15-30-23(31)13-14-24(30)32/h1-12H,13-16H2,(H,29,33). The Labute approximate surface area is 204 Å². The zero-order valence-electron chi connectivity index (χ0n) is 18.6. The first-order valence-electron chi connectivity index (χ1n) is 11.1. The minimum absolute atomic E-state index is 0.0462. The highest BCUT2D eigenvalue weighted by Gasteiger charge is 2.28. The molecule has 2 heterocycles. The number of para-hydroxylation sites is 1. The molecule has 1 fully saturated rings. The van der Waals surface area contributed by atoms with E-state index in [1.165, 1.54) is 22.3 Å². The van der Waals surface area contributed by atoms with Gasteiger partial charge < -0.3 is 10.1 Å². The average Bonchev–Trinajstić information content (AvgIpc) is 3.40. The number of ether oxygens (including phenoxy) is 1. The molecule has 176 valence electrons. The van der Waals surface area contributed by atoms with Crippen molar-refractivity contribution in [2.24, 2.45) is 0 Å². The van der Waals surface area contributed by atoms with Gasteiger partial charge in [-0.1, -0.05) is 36.4 Å². The van der Waals surface area contributed by atoms with Gasteiger partial charge in [0.25, 0.3) is 5.91 Å². The Morgan fingerprint density at radius 3 is 2.37 bits per heavy atom. The van der Waals surface area contributed by atoms with Crippen molar-refractivity contribution in [3.8, 4) is 5.75 Å². The van der Waals surface area contributed by atoms with Gasteiger partial charge in [-0.05, 0) is 42.0 Å². The molecule has 1 aliphatic heterocycles. The second-order valence-electron chi connectivity index (χ2n) is 8.15. The van der Waals surface area contributed by atoms with Gasteiger partial charge in [0.05, 0.1) is 6.54 Å². The van der Waals surface area contributed by atoms with Crippen molar-refractivity contribution in [2.75, 3.05) is 5.32 Å². The van der Waals surface area contributed by atoms with E-state index in [0.717, 1.165) is 5.56 Å². The van der Waals surface area contributed by atoms with Gasteiger partial charge in [0, 0.05) is 34.2 Å². The minimum atomic E-state index is -0.403. The van der Waals surface area contributed by atoms with Gasteiger partial charge in [0.1, 0.15) is 23.1 Å². The van der Waals surface area contributed by atoms with Crippen LogP contribution in [0.15, 0.2) is 72.8 Å². The van der Waals surface area contributed by atoms with Crippen LogP contribution in [0.25, 0.3) is 10.1 Å². The first-order valence-corrected chi connectivity index (χ1v) is 11.9. The molecule has 0 unspecified atom stereocenters. The Morgan fingerprint density at radius 2 is 1.66 bits per heavy atom. The summed E-state index contributed by atoms with van der Waals surface area (Å²) in [6.07, 6.45) is 0.498. The van der Waals surface area contributed by atoms with Crippen LogP contribution in [0.5, 0.6) is 5.75 Å². The number of carbonyl (C=O) groups is 3. The lowest BCUT2D eigenvalue weighted by Crippen LogP contribution is -2.28. The topological polar surface area (TPSA) is 75.7 Å². The number of nitrogens with zero attached hydrogens (tertiary/aromatic N) is 1. The number of hydrogen-bond donors (Lipinski definition) is 1. The van der Waals surface area contributed by atoms with E-state index in [-0.39, 0.29) is 43.7 Å². The number of hydrogen-bond acceptors (Lipinski definition) is 5. The van der Waals surface area contributed by atoms with Crippen molar-refractivity contribution >= 4 is 44.8 Å². The first kappa shape index (κ1) is 22.7. The zero-order valence-corrected chi connectivity index (χ0v) is 19.4. The third kappa shape index (κ3) is 4.79. The second-order valence-corrected chi connectivity index (χ2v) is 9.20. The molecule has 0 atom stereocenters. The number of rotatable bonds is 7. The molecule has 0 saturated carbocycles. The highest BCUT2D eigenvalue weighted by atomic mass is 32.1. The maximum atomic E-state index is 14.7. The number of amides is 3. The third-order valence-corrected chi connectivity index (χ3v) is 7.00. The largest absolute Gasteiger partial charge is 0.489 e. The molecule has 35 heavy (non-hydrogen) atoms. The molecule has 4 aromatic rings. The number of carbonyl (C=O) groups excluding carboxylic acids is 3. The summed E-state index contributed by atoms with van der Waals surface area (Å²) >= 11 is 1.21. The summed E-state index contributed by atoms with van der Waals surface area (Å²) in [6.45, 7) is 0.257. The van der Waals surface area contributed by atoms with Crippen molar-refractivity contribution in [3.63, 3.8) is 0 Å². The van der Waals surface area contributed by atoms with Crippen LogP contribution in [0, 0.1) is 5.82 Å².